The number of carbonyl (C=O) groups is 2. The molecule has 4 heterocycles. The summed E-state index contributed by atoms with van der Waals surface area (Å²) in [5.74, 6) is -3.37. The van der Waals surface area contributed by atoms with E-state index in [-0.39, 0.29) is 30.6 Å². The Morgan fingerprint density at radius 1 is 0.894 bits per heavy atom. The Labute approximate surface area is 272 Å². The summed E-state index contributed by atoms with van der Waals surface area (Å²) in [7, 11) is 0. The van der Waals surface area contributed by atoms with Crippen LogP contribution in [-0.2, 0) is 22.4 Å². The van der Waals surface area contributed by atoms with E-state index in [0.717, 1.165) is 47.8 Å². The molecule has 248 valence electrons. The van der Waals surface area contributed by atoms with Crippen LogP contribution in [0.5, 0.6) is 5.75 Å². The van der Waals surface area contributed by atoms with Crippen molar-refractivity contribution in [3.8, 4) is 5.75 Å². The minimum atomic E-state index is -4.83. The average Bonchev–Trinajstić information content (AvgIpc) is 3.65. The van der Waals surface area contributed by atoms with Crippen molar-refractivity contribution in [3.05, 3.63) is 63.7 Å². The summed E-state index contributed by atoms with van der Waals surface area (Å²) in [5, 5.41) is 24.4. The Hall–Kier alpha value is -4.32. The highest BCUT2D eigenvalue weighted by molar-refractivity contribution is 7.15. The molecule has 2 aliphatic rings. The highest BCUT2D eigenvalue weighted by atomic mass is 32.1. The van der Waals surface area contributed by atoms with Crippen LogP contribution in [0.4, 0.5) is 38.0 Å². The van der Waals surface area contributed by atoms with E-state index in [2.05, 4.69) is 40.7 Å². The lowest BCUT2D eigenvalue weighted by atomic mass is 9.82. The summed E-state index contributed by atoms with van der Waals surface area (Å²) in [4.78, 5) is 31.0. The molecule has 4 aromatic rings. The average molecular weight is 695 g/mol. The van der Waals surface area contributed by atoms with Gasteiger partial charge in [0, 0.05) is 11.8 Å². The van der Waals surface area contributed by atoms with Crippen molar-refractivity contribution in [2.75, 3.05) is 28.6 Å². The molecule has 2 amide bonds. The van der Waals surface area contributed by atoms with E-state index in [1.54, 1.807) is 18.2 Å². The lowest BCUT2D eigenvalue weighted by Crippen LogP contribution is -2.56. The number of hydrogen-bond acceptors (Lipinski definition) is 11. The molecule has 1 aromatic carbocycles. The van der Waals surface area contributed by atoms with Gasteiger partial charge in [-0.2, -0.15) is 0 Å². The normalized spacial score (nSPS) is 19.1. The van der Waals surface area contributed by atoms with Crippen LogP contribution >= 0.6 is 22.7 Å². The topological polar surface area (TPSA) is 135 Å². The first-order valence-corrected chi connectivity index (χ1v) is 16.2. The van der Waals surface area contributed by atoms with Crippen LogP contribution < -0.4 is 20.3 Å². The largest absolute Gasteiger partial charge is 0.573 e. The Kier molecular flexibility index (Phi) is 9.32. The van der Waals surface area contributed by atoms with Crippen molar-refractivity contribution in [1.82, 2.24) is 25.4 Å². The van der Waals surface area contributed by atoms with Gasteiger partial charge in [0.05, 0.1) is 31.6 Å². The number of benzene rings is 1. The zero-order valence-corrected chi connectivity index (χ0v) is 26.1. The molecule has 0 radical (unpaired) electrons. The van der Waals surface area contributed by atoms with Gasteiger partial charge in [0.25, 0.3) is 5.92 Å². The maximum atomic E-state index is 13.2. The van der Waals surface area contributed by atoms with E-state index in [1.807, 2.05) is 0 Å². The van der Waals surface area contributed by atoms with Crippen molar-refractivity contribution in [2.24, 2.45) is 0 Å². The SMILES string of the molecule is O=C(Cc1cccc(OC(F)(F)F)c1)Nc1nnc(C2CCCC(c3nnc(NC(=O)Cc4cccc(N5CC(F)(F)C5)n4)s3)C2)s1. The van der Waals surface area contributed by atoms with Crippen molar-refractivity contribution in [1.29, 1.82) is 0 Å². The minimum Gasteiger partial charge on any atom is -0.406 e. The Morgan fingerprint density at radius 3 is 2.13 bits per heavy atom. The van der Waals surface area contributed by atoms with E-state index < -0.39 is 37.0 Å². The molecule has 47 heavy (non-hydrogen) atoms. The van der Waals surface area contributed by atoms with Crippen LogP contribution in [-0.4, -0.2) is 62.6 Å². The standard InChI is InChI=1S/C29H27F5N8O3S2/c30-28(31)14-42(15-28)21-9-3-7-19(35-21)13-23(44)37-27-41-39-25(47-27)18-6-2-5-17(12-18)24-38-40-26(46-24)36-22(43)11-16-4-1-8-20(10-16)45-29(32,33)34/h1,3-4,7-10,17-18H,2,5-6,11-15H2,(H,36,40,43)(H,37,41,44). The molecule has 0 spiro atoms. The Balaban J connectivity index is 0.997. The highest BCUT2D eigenvalue weighted by Gasteiger charge is 2.44. The molecule has 0 bridgehead atoms. The summed E-state index contributed by atoms with van der Waals surface area (Å²) < 4.78 is 67.9. The fourth-order valence-electron chi connectivity index (χ4n) is 5.48. The van der Waals surface area contributed by atoms with Crippen LogP contribution in [0.1, 0.15) is 58.8 Å². The lowest BCUT2D eigenvalue weighted by molar-refractivity contribution is -0.274. The zero-order chi connectivity index (χ0) is 33.2. The van der Waals surface area contributed by atoms with Gasteiger partial charge in [-0.1, -0.05) is 47.3 Å². The second-order valence-corrected chi connectivity index (χ2v) is 13.3. The molecule has 2 atom stereocenters. The van der Waals surface area contributed by atoms with Crippen LogP contribution in [0, 0.1) is 0 Å². The van der Waals surface area contributed by atoms with E-state index >= 15 is 0 Å². The summed E-state index contributed by atoms with van der Waals surface area (Å²) in [6.45, 7) is -0.791. The van der Waals surface area contributed by atoms with Crippen LogP contribution in [0.25, 0.3) is 0 Å². The van der Waals surface area contributed by atoms with Gasteiger partial charge in [0.1, 0.15) is 21.6 Å². The first-order chi connectivity index (χ1) is 22.4. The molecule has 2 unspecified atom stereocenters. The number of aromatic nitrogens is 5. The molecule has 11 nitrogen and oxygen atoms in total. The number of amides is 2. The van der Waals surface area contributed by atoms with Crippen molar-refractivity contribution < 1.29 is 36.3 Å². The van der Waals surface area contributed by atoms with Gasteiger partial charge in [-0.05, 0) is 49.1 Å². The number of halogens is 5. The molecule has 2 N–H and O–H groups in total. The van der Waals surface area contributed by atoms with Crippen LogP contribution in [0.2, 0.25) is 0 Å². The molecule has 3 aromatic heterocycles. The van der Waals surface area contributed by atoms with Gasteiger partial charge in [0.15, 0.2) is 0 Å². The van der Waals surface area contributed by atoms with E-state index in [0.29, 0.717) is 27.3 Å². The summed E-state index contributed by atoms with van der Waals surface area (Å²) in [6, 6.07) is 10.2. The number of carbonyl (C=O) groups excluding carboxylic acids is 2. The number of anilines is 3. The molecular weight excluding hydrogens is 667 g/mol. The smallest absolute Gasteiger partial charge is 0.406 e. The third-order valence-corrected chi connectivity index (χ3v) is 9.55. The first kappa shape index (κ1) is 32.6. The Bertz CT molecular complexity index is 1740. The van der Waals surface area contributed by atoms with E-state index in [4.69, 9.17) is 0 Å². The second kappa shape index (κ2) is 13.4. The molecule has 1 saturated heterocycles. The van der Waals surface area contributed by atoms with Crippen LogP contribution in [0.15, 0.2) is 42.5 Å². The molecular formula is C29H27F5N8O3S2. The number of hydrogen-bond donors (Lipinski definition) is 2. The molecule has 1 aliphatic carbocycles. The predicted octanol–water partition coefficient (Wildman–Crippen LogP) is 5.94. The van der Waals surface area contributed by atoms with Gasteiger partial charge in [0.2, 0.25) is 22.1 Å². The number of pyridine rings is 1. The third kappa shape index (κ3) is 8.73. The first-order valence-electron chi connectivity index (χ1n) is 14.6. The van der Waals surface area contributed by atoms with Gasteiger partial charge in [-0.25, -0.2) is 13.8 Å². The van der Waals surface area contributed by atoms with Gasteiger partial charge in [-0.3, -0.25) is 9.59 Å². The van der Waals surface area contributed by atoms with Crippen molar-refractivity contribution in [3.63, 3.8) is 0 Å². The Morgan fingerprint density at radius 2 is 1.51 bits per heavy atom. The molecule has 2 fully saturated rings. The van der Waals surface area contributed by atoms with Gasteiger partial charge in [-0.15, -0.1) is 33.6 Å². The molecule has 6 rings (SSSR count). The van der Waals surface area contributed by atoms with Crippen LogP contribution in [0.3, 0.4) is 0 Å². The monoisotopic (exact) mass is 694 g/mol. The van der Waals surface area contributed by atoms with Crippen molar-refractivity contribution in [2.45, 2.75) is 62.6 Å². The second-order valence-electron chi connectivity index (χ2n) is 11.3. The number of nitrogens with zero attached hydrogens (tertiary/aromatic N) is 6. The molecule has 18 heteroatoms. The lowest BCUT2D eigenvalue weighted by Gasteiger charge is -2.39. The quantitative estimate of drug-likeness (QED) is 0.193. The predicted molar refractivity (Wildman–Crippen MR) is 163 cm³/mol. The summed E-state index contributed by atoms with van der Waals surface area (Å²) in [6.07, 6.45) is -1.67. The summed E-state index contributed by atoms with van der Waals surface area (Å²) >= 11 is 2.53. The zero-order valence-electron chi connectivity index (χ0n) is 24.5. The van der Waals surface area contributed by atoms with Crippen molar-refractivity contribution >= 4 is 50.6 Å². The number of rotatable bonds is 10. The molecule has 1 saturated carbocycles. The third-order valence-electron chi connectivity index (χ3n) is 7.55. The van der Waals surface area contributed by atoms with E-state index in [1.165, 1.54) is 39.7 Å². The van der Waals surface area contributed by atoms with Gasteiger partial charge >= 0.3 is 6.36 Å². The molecule has 1 aliphatic heterocycles. The highest BCUT2D eigenvalue weighted by Crippen LogP contribution is 2.43. The number of alkyl halides is 5. The fraction of sp³-hybridized carbons (Fsp3) is 0.414. The number of ether oxygens (including phenoxy) is 1. The van der Waals surface area contributed by atoms with E-state index in [9.17, 15) is 31.5 Å². The number of nitrogens with one attached hydrogen (secondary N) is 2. The fourth-order valence-corrected chi connectivity index (χ4v) is 7.30. The van der Waals surface area contributed by atoms with Gasteiger partial charge < -0.3 is 20.3 Å². The minimum absolute atomic E-state index is 0.0483. The summed E-state index contributed by atoms with van der Waals surface area (Å²) in [5.41, 5.74) is 0.798. The maximum Gasteiger partial charge on any atom is 0.573 e. The maximum absolute atomic E-state index is 13.2.